The zero-order valence-electron chi connectivity index (χ0n) is 11.5. The van der Waals surface area contributed by atoms with E-state index in [2.05, 4.69) is 29.6 Å². The summed E-state index contributed by atoms with van der Waals surface area (Å²) in [5.41, 5.74) is 8.53. The molecule has 1 aromatic rings. The molecule has 3 unspecified atom stereocenters. The highest BCUT2D eigenvalue weighted by Gasteiger charge is 2.57. The highest BCUT2D eigenvalue weighted by Crippen LogP contribution is 2.56. The van der Waals surface area contributed by atoms with Crippen molar-refractivity contribution in [3.8, 4) is 0 Å². The van der Waals surface area contributed by atoms with Gasteiger partial charge in [0.25, 0.3) is 0 Å². The zero-order chi connectivity index (χ0) is 13.0. The topological polar surface area (TPSA) is 55.1 Å². The fourth-order valence-corrected chi connectivity index (χ4v) is 4.08. The van der Waals surface area contributed by atoms with Gasteiger partial charge < -0.3 is 11.1 Å². The largest absolute Gasteiger partial charge is 0.351 e. The van der Waals surface area contributed by atoms with E-state index in [0.717, 1.165) is 32.1 Å². The third kappa shape index (κ3) is 1.95. The van der Waals surface area contributed by atoms with Gasteiger partial charge in [-0.05, 0) is 36.3 Å². The van der Waals surface area contributed by atoms with Crippen LogP contribution in [0.5, 0.6) is 0 Å². The monoisotopic (exact) mass is 292 g/mol. The van der Waals surface area contributed by atoms with Crippen molar-refractivity contribution in [2.24, 2.45) is 11.7 Å². The van der Waals surface area contributed by atoms with Crippen LogP contribution in [0.1, 0.15) is 42.7 Å². The number of hydrogen-bond acceptors (Lipinski definition) is 2. The van der Waals surface area contributed by atoms with Crippen molar-refractivity contribution < 1.29 is 4.79 Å². The summed E-state index contributed by atoms with van der Waals surface area (Å²) in [5.74, 6) is 1.25. The average Bonchev–Trinajstić information content (AvgIpc) is 2.81. The number of nitrogens with two attached hydrogens (primary N) is 1. The second-order valence-corrected chi connectivity index (χ2v) is 6.46. The molecule has 0 aromatic heterocycles. The van der Waals surface area contributed by atoms with E-state index in [-0.39, 0.29) is 18.3 Å². The number of benzene rings is 1. The number of halogens is 1. The Balaban J connectivity index is 0.00000121. The summed E-state index contributed by atoms with van der Waals surface area (Å²) in [6, 6.07) is 8.95. The van der Waals surface area contributed by atoms with E-state index in [0.29, 0.717) is 17.9 Å². The Bertz CT molecular complexity index is 539. The normalized spacial score (nSPS) is 31.9. The van der Waals surface area contributed by atoms with Gasteiger partial charge in [-0.15, -0.1) is 12.4 Å². The molecule has 2 saturated carbocycles. The lowest BCUT2D eigenvalue weighted by Crippen LogP contribution is -2.53. The van der Waals surface area contributed by atoms with Crippen molar-refractivity contribution in [2.75, 3.05) is 0 Å². The van der Waals surface area contributed by atoms with E-state index in [1.54, 1.807) is 0 Å². The van der Waals surface area contributed by atoms with E-state index >= 15 is 0 Å². The van der Waals surface area contributed by atoms with Crippen molar-refractivity contribution in [3.63, 3.8) is 0 Å². The first kappa shape index (κ1) is 13.9. The highest BCUT2D eigenvalue weighted by atomic mass is 35.5. The fraction of sp³-hybridized carbons (Fsp3) is 0.562. The molecular formula is C16H21ClN2O. The number of hydrogen-bond donors (Lipinski definition) is 2. The summed E-state index contributed by atoms with van der Waals surface area (Å²) in [7, 11) is 0. The number of carbonyl (C=O) groups is 1. The molecular weight excluding hydrogens is 272 g/mol. The number of nitrogens with one attached hydrogen (secondary N) is 1. The Labute approximate surface area is 125 Å². The van der Waals surface area contributed by atoms with Gasteiger partial charge in [0.05, 0.1) is 5.54 Å². The quantitative estimate of drug-likeness (QED) is 0.877. The van der Waals surface area contributed by atoms with Crippen LogP contribution >= 0.6 is 12.4 Å². The third-order valence-electron chi connectivity index (χ3n) is 5.28. The Morgan fingerprint density at radius 2 is 1.95 bits per heavy atom. The van der Waals surface area contributed by atoms with Gasteiger partial charge in [-0.2, -0.15) is 0 Å². The summed E-state index contributed by atoms with van der Waals surface area (Å²) in [6.07, 6.45) is 4.98. The summed E-state index contributed by atoms with van der Waals surface area (Å²) < 4.78 is 0. The Morgan fingerprint density at radius 3 is 2.70 bits per heavy atom. The van der Waals surface area contributed by atoms with Gasteiger partial charge in [0.1, 0.15) is 0 Å². The molecule has 1 amide bonds. The minimum Gasteiger partial charge on any atom is -0.351 e. The molecule has 2 fully saturated rings. The maximum Gasteiger partial charge on any atom is 0.240 e. The summed E-state index contributed by atoms with van der Waals surface area (Å²) in [4.78, 5) is 12.3. The molecule has 0 heterocycles. The molecule has 4 heteroatoms. The Kier molecular flexibility index (Phi) is 3.30. The van der Waals surface area contributed by atoms with Gasteiger partial charge in [-0.3, -0.25) is 4.79 Å². The highest BCUT2D eigenvalue weighted by molar-refractivity contribution is 5.87. The fourth-order valence-electron chi connectivity index (χ4n) is 4.08. The molecule has 3 atom stereocenters. The smallest absolute Gasteiger partial charge is 0.240 e. The van der Waals surface area contributed by atoms with Crippen molar-refractivity contribution in [1.82, 2.24) is 5.32 Å². The molecule has 108 valence electrons. The van der Waals surface area contributed by atoms with Crippen molar-refractivity contribution in [2.45, 2.75) is 49.6 Å². The first-order valence-electron chi connectivity index (χ1n) is 7.37. The van der Waals surface area contributed by atoms with Gasteiger partial charge in [-0.25, -0.2) is 0 Å². The Hall–Kier alpha value is -1.06. The van der Waals surface area contributed by atoms with Crippen LogP contribution in [-0.4, -0.2) is 17.5 Å². The van der Waals surface area contributed by atoms with Crippen molar-refractivity contribution in [1.29, 1.82) is 0 Å². The van der Waals surface area contributed by atoms with Crippen LogP contribution in [0.2, 0.25) is 0 Å². The van der Waals surface area contributed by atoms with Crippen LogP contribution in [-0.2, 0) is 11.2 Å². The first-order valence-corrected chi connectivity index (χ1v) is 7.37. The molecule has 1 aromatic carbocycles. The van der Waals surface area contributed by atoms with Gasteiger partial charge in [-0.1, -0.05) is 37.1 Å². The van der Waals surface area contributed by atoms with Crippen LogP contribution in [0.4, 0.5) is 0 Å². The molecule has 0 spiro atoms. The average molecular weight is 293 g/mol. The lowest BCUT2D eigenvalue weighted by molar-refractivity contribution is -0.126. The second-order valence-electron chi connectivity index (χ2n) is 6.46. The predicted octanol–water partition coefficient (Wildman–Crippen LogP) is 2.13. The Morgan fingerprint density at radius 1 is 1.25 bits per heavy atom. The number of carbonyl (C=O) groups excluding carboxylic acids is 1. The molecule has 3 aliphatic carbocycles. The van der Waals surface area contributed by atoms with Gasteiger partial charge in [0.2, 0.25) is 5.91 Å². The lowest BCUT2D eigenvalue weighted by atomic mass is 9.97. The zero-order valence-corrected chi connectivity index (χ0v) is 12.3. The molecule has 3 aliphatic rings. The minimum absolute atomic E-state index is 0. The van der Waals surface area contributed by atoms with Crippen molar-refractivity contribution in [3.05, 3.63) is 35.4 Å². The van der Waals surface area contributed by atoms with E-state index in [1.165, 1.54) is 11.1 Å². The molecule has 0 bridgehead atoms. The molecule has 3 nitrogen and oxygen atoms in total. The van der Waals surface area contributed by atoms with Crippen LogP contribution < -0.4 is 11.1 Å². The van der Waals surface area contributed by atoms with E-state index in [4.69, 9.17) is 5.73 Å². The molecule has 3 N–H and O–H groups in total. The molecule has 4 rings (SSSR count). The standard InChI is InChI=1S/C16H20N2O.ClH/c17-16(7-3-4-8-16)15(19)18-14-12-9-10-5-1-2-6-11(10)13(12)14;/h1-2,5-6,12-14H,3-4,7-9,17H2,(H,18,19);1H. The minimum atomic E-state index is -0.587. The number of rotatable bonds is 2. The van der Waals surface area contributed by atoms with Crippen LogP contribution in [0, 0.1) is 5.92 Å². The van der Waals surface area contributed by atoms with Gasteiger partial charge in [0, 0.05) is 12.0 Å². The molecule has 0 radical (unpaired) electrons. The molecule has 0 saturated heterocycles. The van der Waals surface area contributed by atoms with Crippen molar-refractivity contribution >= 4 is 18.3 Å². The van der Waals surface area contributed by atoms with E-state index in [9.17, 15) is 4.79 Å². The summed E-state index contributed by atoms with van der Waals surface area (Å²) in [5, 5.41) is 3.22. The maximum atomic E-state index is 12.3. The van der Waals surface area contributed by atoms with Crippen LogP contribution in [0.15, 0.2) is 24.3 Å². The predicted molar refractivity (Wildman–Crippen MR) is 80.9 cm³/mol. The number of amides is 1. The van der Waals surface area contributed by atoms with Crippen LogP contribution in [0.3, 0.4) is 0 Å². The third-order valence-corrected chi connectivity index (χ3v) is 5.28. The molecule has 20 heavy (non-hydrogen) atoms. The van der Waals surface area contributed by atoms with Gasteiger partial charge >= 0.3 is 0 Å². The van der Waals surface area contributed by atoms with Crippen LogP contribution in [0.25, 0.3) is 0 Å². The summed E-state index contributed by atoms with van der Waals surface area (Å²) >= 11 is 0. The SMILES string of the molecule is Cl.NC1(C(=O)NC2C3Cc4ccccc4C32)CCCC1. The molecule has 0 aliphatic heterocycles. The van der Waals surface area contributed by atoms with Gasteiger partial charge in [0.15, 0.2) is 0 Å². The first-order chi connectivity index (χ1) is 9.19. The maximum absolute atomic E-state index is 12.3. The lowest BCUT2D eigenvalue weighted by Gasteiger charge is -2.23. The van der Waals surface area contributed by atoms with E-state index < -0.39 is 5.54 Å². The number of fused-ring (bicyclic) bond motifs is 3. The second kappa shape index (κ2) is 4.74. The summed E-state index contributed by atoms with van der Waals surface area (Å²) in [6.45, 7) is 0. The van der Waals surface area contributed by atoms with E-state index in [1.807, 2.05) is 0 Å².